The van der Waals surface area contributed by atoms with E-state index in [-0.39, 0.29) is 0 Å². The summed E-state index contributed by atoms with van der Waals surface area (Å²) in [6.07, 6.45) is 3.41. The molecule has 2 aromatic heterocycles. The van der Waals surface area contributed by atoms with Gasteiger partial charge in [0.25, 0.3) is 0 Å². The first-order chi connectivity index (χ1) is 6.75. The van der Waals surface area contributed by atoms with Gasteiger partial charge < -0.3 is 4.98 Å². The number of aromatic nitrogens is 4. The van der Waals surface area contributed by atoms with Crippen molar-refractivity contribution in [2.75, 3.05) is 5.75 Å². The Hall–Kier alpha value is -1.10. The van der Waals surface area contributed by atoms with E-state index < -0.39 is 0 Å². The van der Waals surface area contributed by atoms with Crippen LogP contribution in [0.5, 0.6) is 0 Å². The van der Waals surface area contributed by atoms with Crippen LogP contribution in [0.25, 0.3) is 11.2 Å². The lowest BCUT2D eigenvalue weighted by Crippen LogP contribution is -1.93. The SMILES string of the molecule is CC(C)CSc1ncc2[nH]cnc2n1. The number of nitrogens with zero attached hydrogens (tertiary/aromatic N) is 3. The van der Waals surface area contributed by atoms with Gasteiger partial charge in [0.1, 0.15) is 5.52 Å². The van der Waals surface area contributed by atoms with Crippen LogP contribution in [0.1, 0.15) is 13.8 Å². The topological polar surface area (TPSA) is 54.5 Å². The molecular weight excluding hydrogens is 196 g/mol. The van der Waals surface area contributed by atoms with Gasteiger partial charge in [0.05, 0.1) is 12.5 Å². The summed E-state index contributed by atoms with van der Waals surface area (Å²) in [7, 11) is 0. The first kappa shape index (κ1) is 9.45. The molecule has 0 atom stereocenters. The lowest BCUT2D eigenvalue weighted by molar-refractivity contribution is 0.748. The Labute approximate surface area is 86.6 Å². The minimum atomic E-state index is 0.651. The monoisotopic (exact) mass is 208 g/mol. The maximum Gasteiger partial charge on any atom is 0.189 e. The number of fused-ring (bicyclic) bond motifs is 1. The average Bonchev–Trinajstić information content (AvgIpc) is 2.61. The maximum absolute atomic E-state index is 4.32. The second kappa shape index (κ2) is 3.96. The van der Waals surface area contributed by atoms with Crippen LogP contribution in [0.3, 0.4) is 0 Å². The third-order valence-corrected chi connectivity index (χ3v) is 2.99. The first-order valence-electron chi connectivity index (χ1n) is 4.54. The van der Waals surface area contributed by atoms with Gasteiger partial charge in [-0.15, -0.1) is 0 Å². The minimum Gasteiger partial charge on any atom is -0.342 e. The van der Waals surface area contributed by atoms with E-state index in [4.69, 9.17) is 0 Å². The number of nitrogens with one attached hydrogen (secondary N) is 1. The van der Waals surface area contributed by atoms with E-state index in [9.17, 15) is 0 Å². The molecule has 0 fully saturated rings. The summed E-state index contributed by atoms with van der Waals surface area (Å²) in [4.78, 5) is 15.6. The van der Waals surface area contributed by atoms with Gasteiger partial charge in [-0.1, -0.05) is 25.6 Å². The molecule has 0 aliphatic rings. The van der Waals surface area contributed by atoms with Crippen LogP contribution in [0.2, 0.25) is 0 Å². The van der Waals surface area contributed by atoms with Crippen molar-refractivity contribution < 1.29 is 0 Å². The van der Waals surface area contributed by atoms with Gasteiger partial charge in [0.15, 0.2) is 10.8 Å². The zero-order chi connectivity index (χ0) is 9.97. The van der Waals surface area contributed by atoms with Crippen LogP contribution in [-0.2, 0) is 0 Å². The largest absolute Gasteiger partial charge is 0.342 e. The summed E-state index contributed by atoms with van der Waals surface area (Å²) < 4.78 is 0. The standard InChI is InChI=1S/C9H12N4S/c1-6(2)4-14-9-10-3-7-8(13-9)12-5-11-7/h3,5-6H,4H2,1-2H3,(H,10,11,12,13). The summed E-state index contributed by atoms with van der Waals surface area (Å²) in [6, 6.07) is 0. The van der Waals surface area contributed by atoms with Crippen LogP contribution < -0.4 is 0 Å². The highest BCUT2D eigenvalue weighted by Gasteiger charge is 2.03. The van der Waals surface area contributed by atoms with Crippen LogP contribution in [-0.4, -0.2) is 25.7 Å². The van der Waals surface area contributed by atoms with Gasteiger partial charge in [-0.25, -0.2) is 15.0 Å². The van der Waals surface area contributed by atoms with Crippen LogP contribution in [0.4, 0.5) is 0 Å². The Morgan fingerprint density at radius 3 is 3.07 bits per heavy atom. The molecule has 2 aromatic rings. The number of hydrogen-bond acceptors (Lipinski definition) is 4. The van der Waals surface area contributed by atoms with Crippen LogP contribution in [0.15, 0.2) is 17.7 Å². The molecule has 5 heteroatoms. The van der Waals surface area contributed by atoms with Gasteiger partial charge in [0.2, 0.25) is 0 Å². The lowest BCUT2D eigenvalue weighted by Gasteiger charge is -2.01. The van der Waals surface area contributed by atoms with E-state index in [0.717, 1.165) is 22.1 Å². The number of thioether (sulfide) groups is 1. The Morgan fingerprint density at radius 2 is 2.29 bits per heavy atom. The van der Waals surface area contributed by atoms with Crippen molar-refractivity contribution in [3.05, 3.63) is 12.5 Å². The molecule has 0 bridgehead atoms. The normalized spacial score (nSPS) is 11.4. The smallest absolute Gasteiger partial charge is 0.189 e. The van der Waals surface area contributed by atoms with Crippen LogP contribution >= 0.6 is 11.8 Å². The van der Waals surface area contributed by atoms with Crippen LogP contribution in [0, 0.1) is 5.92 Å². The quantitative estimate of drug-likeness (QED) is 0.620. The van der Waals surface area contributed by atoms with E-state index >= 15 is 0 Å². The second-order valence-corrected chi connectivity index (χ2v) is 4.48. The summed E-state index contributed by atoms with van der Waals surface area (Å²) in [5.41, 5.74) is 1.63. The number of hydrogen-bond donors (Lipinski definition) is 1. The molecule has 74 valence electrons. The predicted molar refractivity (Wildman–Crippen MR) is 57.2 cm³/mol. The van der Waals surface area contributed by atoms with Crippen molar-refractivity contribution in [2.24, 2.45) is 5.92 Å². The van der Waals surface area contributed by atoms with Gasteiger partial charge in [-0.3, -0.25) is 0 Å². The highest BCUT2D eigenvalue weighted by atomic mass is 32.2. The van der Waals surface area contributed by atoms with Gasteiger partial charge in [-0.2, -0.15) is 0 Å². The molecule has 0 aromatic carbocycles. The molecule has 2 heterocycles. The van der Waals surface area contributed by atoms with Crippen molar-refractivity contribution in [1.29, 1.82) is 0 Å². The van der Waals surface area contributed by atoms with Crippen molar-refractivity contribution in [1.82, 2.24) is 19.9 Å². The molecule has 4 nitrogen and oxygen atoms in total. The number of aromatic amines is 1. The van der Waals surface area contributed by atoms with Gasteiger partial charge in [-0.05, 0) is 5.92 Å². The first-order valence-corrected chi connectivity index (χ1v) is 5.53. The molecule has 1 N–H and O–H groups in total. The molecule has 0 saturated heterocycles. The third kappa shape index (κ3) is 2.04. The Morgan fingerprint density at radius 1 is 1.43 bits per heavy atom. The molecule has 2 rings (SSSR count). The second-order valence-electron chi connectivity index (χ2n) is 3.50. The maximum atomic E-state index is 4.32. The predicted octanol–water partition coefficient (Wildman–Crippen LogP) is 2.10. The van der Waals surface area contributed by atoms with Gasteiger partial charge in [0, 0.05) is 5.75 Å². The van der Waals surface area contributed by atoms with E-state index in [1.807, 2.05) is 0 Å². The highest BCUT2D eigenvalue weighted by molar-refractivity contribution is 7.99. The molecule has 14 heavy (non-hydrogen) atoms. The molecule has 0 unspecified atom stereocenters. The molecule has 0 saturated carbocycles. The van der Waals surface area contributed by atoms with Crippen molar-refractivity contribution in [2.45, 2.75) is 19.0 Å². The average molecular weight is 208 g/mol. The molecule has 0 spiro atoms. The zero-order valence-electron chi connectivity index (χ0n) is 8.19. The molecule has 0 aliphatic heterocycles. The minimum absolute atomic E-state index is 0.651. The molecule has 0 amide bonds. The Balaban J connectivity index is 2.17. The number of imidazole rings is 1. The molecule has 0 aliphatic carbocycles. The van der Waals surface area contributed by atoms with Crippen molar-refractivity contribution in [3.63, 3.8) is 0 Å². The summed E-state index contributed by atoms with van der Waals surface area (Å²) in [6.45, 7) is 4.36. The molecular formula is C9H12N4S. The van der Waals surface area contributed by atoms with E-state index in [2.05, 4.69) is 33.8 Å². The highest BCUT2D eigenvalue weighted by Crippen LogP contribution is 2.17. The van der Waals surface area contributed by atoms with Crippen molar-refractivity contribution >= 4 is 22.9 Å². The lowest BCUT2D eigenvalue weighted by atomic mass is 10.3. The Kier molecular flexibility index (Phi) is 2.67. The fourth-order valence-corrected chi connectivity index (χ4v) is 1.79. The van der Waals surface area contributed by atoms with E-state index in [0.29, 0.717) is 5.92 Å². The van der Waals surface area contributed by atoms with E-state index in [1.54, 1.807) is 24.3 Å². The fraction of sp³-hybridized carbons (Fsp3) is 0.444. The summed E-state index contributed by atoms with van der Waals surface area (Å²) in [5.74, 6) is 1.69. The third-order valence-electron chi connectivity index (χ3n) is 1.70. The Bertz CT molecular complexity index is 423. The number of rotatable bonds is 3. The zero-order valence-corrected chi connectivity index (χ0v) is 9.01. The summed E-state index contributed by atoms with van der Waals surface area (Å²) in [5, 5.41) is 0.804. The molecule has 0 radical (unpaired) electrons. The summed E-state index contributed by atoms with van der Waals surface area (Å²) >= 11 is 1.67. The van der Waals surface area contributed by atoms with Crippen molar-refractivity contribution in [3.8, 4) is 0 Å². The van der Waals surface area contributed by atoms with Gasteiger partial charge >= 0.3 is 0 Å². The fourth-order valence-electron chi connectivity index (χ4n) is 1.03. The number of H-pyrrole nitrogens is 1. The van der Waals surface area contributed by atoms with E-state index in [1.165, 1.54) is 0 Å².